The topological polar surface area (TPSA) is 86.4 Å². The molecule has 9 nitrogen and oxygen atoms in total. The van der Waals surface area contributed by atoms with Gasteiger partial charge in [0.15, 0.2) is 36.9 Å². The minimum absolute atomic E-state index is 0.0285. The van der Waals surface area contributed by atoms with Crippen molar-refractivity contribution < 1.29 is 22.7 Å². The number of ether oxygens (including phenoxy) is 2. The zero-order valence-electron chi connectivity index (χ0n) is 23.7. The van der Waals surface area contributed by atoms with Crippen LogP contribution >= 0.6 is 0 Å². The van der Waals surface area contributed by atoms with Gasteiger partial charge < -0.3 is 18.8 Å². The number of methoxy groups -OCH3 is 2. The molecule has 4 rings (SSSR count). The van der Waals surface area contributed by atoms with Gasteiger partial charge in [0, 0.05) is 31.4 Å². The van der Waals surface area contributed by atoms with E-state index >= 15 is 8.78 Å². The number of hydrogen-bond acceptors (Lipinski definition) is 8. The predicted molar refractivity (Wildman–Crippen MR) is 147 cm³/mol. The average Bonchev–Trinajstić information content (AvgIpc) is 3.33. The molecule has 0 N–H and O–H groups in total. The second-order valence-electron chi connectivity index (χ2n) is 11.0. The molecule has 1 aromatic carbocycles. The fraction of sp³-hybridized carbons (Fsp3) is 0.481. The van der Waals surface area contributed by atoms with Crippen molar-refractivity contribution in [1.29, 1.82) is 0 Å². The molecule has 2 aromatic heterocycles. The van der Waals surface area contributed by atoms with Crippen LogP contribution in [0.25, 0.3) is 0 Å². The Morgan fingerprint density at radius 3 is 2.33 bits per heavy atom. The summed E-state index contributed by atoms with van der Waals surface area (Å²) in [6, 6.07) is 4.37. The fourth-order valence-electron chi connectivity index (χ4n) is 4.02. The van der Waals surface area contributed by atoms with Crippen LogP contribution in [0.5, 0.6) is 11.5 Å². The Balaban J connectivity index is 1.80. The smallest absolute Gasteiger partial charge is 0.192 e. The second-order valence-corrected chi connectivity index (χ2v) is 15.8. The molecular formula is C27H36F2N6O3Si. The monoisotopic (exact) mass is 558 g/mol. The minimum atomic E-state index is -2.13. The molecule has 210 valence electrons. The van der Waals surface area contributed by atoms with E-state index < -0.39 is 20.0 Å². The molecule has 0 spiro atoms. The largest absolute Gasteiger partial charge is 0.493 e. The summed E-state index contributed by atoms with van der Waals surface area (Å²) in [6.07, 6.45) is 3.63. The van der Waals surface area contributed by atoms with E-state index in [0.717, 1.165) is 5.56 Å². The summed E-state index contributed by atoms with van der Waals surface area (Å²) in [7, 11) is 2.35. The number of pyridine rings is 1. The number of halogens is 2. The summed E-state index contributed by atoms with van der Waals surface area (Å²) in [5, 5.41) is 4.81. The summed E-state index contributed by atoms with van der Waals surface area (Å²) in [5.74, 6) is -1.72. The Bertz CT molecular complexity index is 1440. The van der Waals surface area contributed by atoms with Crippen molar-refractivity contribution in [2.75, 3.05) is 38.8 Å². The van der Waals surface area contributed by atoms with Gasteiger partial charge in [-0.3, -0.25) is 14.7 Å². The summed E-state index contributed by atoms with van der Waals surface area (Å²) < 4.78 is 49.8. The van der Waals surface area contributed by atoms with Crippen molar-refractivity contribution in [2.45, 2.75) is 44.9 Å². The van der Waals surface area contributed by atoms with E-state index in [1.54, 1.807) is 23.0 Å². The zero-order chi connectivity index (χ0) is 28.5. The predicted octanol–water partition coefficient (Wildman–Crippen LogP) is 4.26. The van der Waals surface area contributed by atoms with Crippen molar-refractivity contribution in [2.24, 2.45) is 17.0 Å². The number of rotatable bonds is 9. The third-order valence-corrected chi connectivity index (χ3v) is 11.9. The molecule has 3 heterocycles. The van der Waals surface area contributed by atoms with E-state index in [9.17, 15) is 0 Å². The molecule has 3 aromatic rings. The highest BCUT2D eigenvalue weighted by Crippen LogP contribution is 2.40. The molecule has 0 radical (unpaired) electrons. The van der Waals surface area contributed by atoms with Crippen LogP contribution in [0.4, 0.5) is 20.3 Å². The lowest BCUT2D eigenvalue weighted by atomic mass is 10.1. The molecule has 39 heavy (non-hydrogen) atoms. The third-order valence-electron chi connectivity index (χ3n) is 7.34. The number of fused-ring (bicyclic) bond motifs is 1. The van der Waals surface area contributed by atoms with Crippen LogP contribution in [0.2, 0.25) is 18.1 Å². The molecule has 1 aliphatic rings. The van der Waals surface area contributed by atoms with Gasteiger partial charge in [-0.25, -0.2) is 13.8 Å². The quantitative estimate of drug-likeness (QED) is 0.365. The number of aryl methyl sites for hydroxylation is 1. The zero-order valence-corrected chi connectivity index (χ0v) is 24.7. The van der Waals surface area contributed by atoms with E-state index in [0.29, 0.717) is 23.2 Å². The van der Waals surface area contributed by atoms with Crippen LogP contribution in [-0.4, -0.2) is 57.0 Å². The fourth-order valence-corrected chi connectivity index (χ4v) is 5.06. The summed E-state index contributed by atoms with van der Waals surface area (Å²) in [6.45, 7) is 11.5. The van der Waals surface area contributed by atoms with Crippen molar-refractivity contribution in [3.8, 4) is 11.5 Å². The van der Waals surface area contributed by atoms with E-state index in [1.165, 1.54) is 25.2 Å². The lowest BCUT2D eigenvalue weighted by molar-refractivity contribution is 0.296. The van der Waals surface area contributed by atoms with Gasteiger partial charge in [0.25, 0.3) is 0 Å². The van der Waals surface area contributed by atoms with Crippen molar-refractivity contribution in [1.82, 2.24) is 14.8 Å². The highest BCUT2D eigenvalue weighted by atomic mass is 28.4. The van der Waals surface area contributed by atoms with Gasteiger partial charge in [0.05, 0.1) is 39.6 Å². The van der Waals surface area contributed by atoms with Crippen LogP contribution in [0, 0.1) is 11.6 Å². The minimum Gasteiger partial charge on any atom is -0.493 e. The van der Waals surface area contributed by atoms with Crippen LogP contribution in [0.15, 0.2) is 40.6 Å². The van der Waals surface area contributed by atoms with Gasteiger partial charge in [0.1, 0.15) is 16.9 Å². The van der Waals surface area contributed by atoms with Crippen LogP contribution < -0.4 is 25.2 Å². The average molecular weight is 559 g/mol. The molecule has 0 aliphatic carbocycles. The van der Waals surface area contributed by atoms with Crippen molar-refractivity contribution in [3.63, 3.8) is 0 Å². The van der Waals surface area contributed by atoms with E-state index in [-0.39, 0.29) is 41.4 Å². The second kappa shape index (κ2) is 11.0. The number of aromatic nitrogens is 3. The first-order valence-electron chi connectivity index (χ1n) is 12.8. The first-order valence-corrected chi connectivity index (χ1v) is 15.7. The highest BCUT2D eigenvalue weighted by Gasteiger charge is 2.37. The molecule has 1 unspecified atom stereocenters. The summed E-state index contributed by atoms with van der Waals surface area (Å²) in [5.41, 5.74) is 0.959. The number of hydrogen-bond donors (Lipinski definition) is 0. The number of anilines is 2. The SMILES string of the molecule is COc1cc(OC)c(F)c(N(CCO[Si](C)(C)C(C)(C)C)c2ccc3c(n2)=NC(c2cnn(C)c2)CN=3)c1F. The Kier molecular flexibility index (Phi) is 8.08. The Labute approximate surface area is 228 Å². The maximum absolute atomic E-state index is 15.7. The lowest BCUT2D eigenvalue weighted by Crippen LogP contribution is -2.43. The Hall–Kier alpha value is -3.38. The maximum atomic E-state index is 15.7. The van der Waals surface area contributed by atoms with E-state index in [2.05, 4.69) is 44.0 Å². The first-order chi connectivity index (χ1) is 18.4. The normalized spacial score (nSPS) is 15.3. The van der Waals surface area contributed by atoms with Gasteiger partial charge >= 0.3 is 0 Å². The van der Waals surface area contributed by atoms with Crippen molar-refractivity contribution >= 4 is 19.8 Å². The van der Waals surface area contributed by atoms with Crippen LogP contribution in [0.1, 0.15) is 32.4 Å². The van der Waals surface area contributed by atoms with E-state index in [1.807, 2.05) is 13.2 Å². The number of nitrogens with zero attached hydrogens (tertiary/aromatic N) is 6. The lowest BCUT2D eigenvalue weighted by Gasteiger charge is -2.37. The first kappa shape index (κ1) is 28.6. The molecule has 0 fully saturated rings. The molecule has 12 heteroatoms. The third kappa shape index (κ3) is 5.81. The van der Waals surface area contributed by atoms with Gasteiger partial charge in [-0.15, -0.1) is 0 Å². The molecule has 0 saturated heterocycles. The van der Waals surface area contributed by atoms with Gasteiger partial charge in [0.2, 0.25) is 0 Å². The molecular weight excluding hydrogens is 522 g/mol. The number of benzene rings is 1. The molecule has 0 amide bonds. The van der Waals surface area contributed by atoms with Gasteiger partial charge in [-0.1, -0.05) is 20.8 Å². The standard InChI is InChI=1S/C27H36F2N6O3Si/c1-27(2,3)39(7,8)38-12-11-35(25-23(28)20(36-5)13-21(37-6)24(25)29)22-10-9-18-26(33-22)32-19(15-30-18)17-14-31-34(4)16-17/h9-10,13-14,16,19H,11-12,15H2,1-8H3. The summed E-state index contributed by atoms with van der Waals surface area (Å²) >= 11 is 0. The van der Waals surface area contributed by atoms with Crippen molar-refractivity contribution in [3.05, 3.63) is 58.6 Å². The van der Waals surface area contributed by atoms with Crippen LogP contribution in [0.3, 0.4) is 0 Å². The van der Waals surface area contributed by atoms with E-state index in [4.69, 9.17) is 23.9 Å². The Morgan fingerprint density at radius 2 is 1.77 bits per heavy atom. The molecule has 0 bridgehead atoms. The van der Waals surface area contributed by atoms with Gasteiger partial charge in [-0.05, 0) is 30.3 Å². The highest BCUT2D eigenvalue weighted by molar-refractivity contribution is 6.74. The molecule has 0 saturated carbocycles. The molecule has 1 aliphatic heterocycles. The summed E-state index contributed by atoms with van der Waals surface area (Å²) in [4.78, 5) is 15.6. The molecule has 1 atom stereocenters. The Morgan fingerprint density at radius 1 is 1.10 bits per heavy atom. The van der Waals surface area contributed by atoms with Gasteiger partial charge in [-0.2, -0.15) is 5.10 Å². The maximum Gasteiger partial charge on any atom is 0.192 e. The van der Waals surface area contributed by atoms with Crippen LogP contribution in [-0.2, 0) is 11.5 Å².